The number of carbonyl (C=O) groups is 1. The third-order valence-electron chi connectivity index (χ3n) is 2.11. The number of benzene rings is 1. The Kier molecular flexibility index (Phi) is 2.26. The molecule has 0 radical (unpaired) electrons. The lowest BCUT2D eigenvalue weighted by Crippen LogP contribution is -2.30. The highest BCUT2D eigenvalue weighted by atomic mass is 16.7. The summed E-state index contributed by atoms with van der Waals surface area (Å²) in [5.74, 6) is 0.817. The molecule has 4 nitrogen and oxygen atoms in total. The van der Waals surface area contributed by atoms with Crippen molar-refractivity contribution in [2.45, 2.75) is 12.5 Å². The normalized spacial score (nSPS) is 19.3. The van der Waals surface area contributed by atoms with Crippen LogP contribution < -0.4 is 4.74 Å². The van der Waals surface area contributed by atoms with Gasteiger partial charge in [-0.05, 0) is 11.6 Å². The predicted octanol–water partition coefficient (Wildman–Crippen LogP) is 1.68. The first-order valence-electron chi connectivity index (χ1n) is 4.36. The van der Waals surface area contributed by atoms with Crippen molar-refractivity contribution in [3.8, 4) is 5.75 Å². The van der Waals surface area contributed by atoms with Gasteiger partial charge in [-0.1, -0.05) is 18.2 Å². The van der Waals surface area contributed by atoms with Crippen LogP contribution in [0.4, 0.5) is 4.79 Å². The molecule has 2 rings (SSSR count). The molecule has 74 valence electrons. The summed E-state index contributed by atoms with van der Waals surface area (Å²) in [4.78, 5) is 10.3. The fourth-order valence-corrected chi connectivity index (χ4v) is 1.52. The Morgan fingerprint density at radius 3 is 3.07 bits per heavy atom. The van der Waals surface area contributed by atoms with Crippen LogP contribution in [0.5, 0.6) is 5.75 Å². The number of hydrogen-bond donors (Lipinski definition) is 1. The van der Waals surface area contributed by atoms with Gasteiger partial charge in [-0.3, -0.25) is 0 Å². The Balaban J connectivity index is 2.09. The lowest BCUT2D eigenvalue weighted by molar-refractivity contribution is 0.0229. The molecule has 0 saturated carbocycles. The van der Waals surface area contributed by atoms with Gasteiger partial charge >= 0.3 is 6.16 Å². The van der Waals surface area contributed by atoms with Crippen LogP contribution in [0.1, 0.15) is 5.56 Å². The van der Waals surface area contributed by atoms with E-state index in [1.807, 2.05) is 24.3 Å². The average molecular weight is 194 g/mol. The molecule has 1 N–H and O–H groups in total. The van der Waals surface area contributed by atoms with Crippen LogP contribution in [0, 0.1) is 0 Å². The summed E-state index contributed by atoms with van der Waals surface area (Å²) in [5.41, 5.74) is 0.991. The molecule has 1 aromatic carbocycles. The van der Waals surface area contributed by atoms with Crippen LogP contribution in [0.15, 0.2) is 24.3 Å². The smallest absolute Gasteiger partial charge is 0.489 e. The first kappa shape index (κ1) is 8.87. The van der Waals surface area contributed by atoms with Crippen molar-refractivity contribution in [2.24, 2.45) is 0 Å². The van der Waals surface area contributed by atoms with Crippen molar-refractivity contribution in [1.29, 1.82) is 0 Å². The third kappa shape index (κ3) is 1.79. The molecular formula is C10H10O4. The molecule has 1 unspecified atom stereocenters. The molecule has 1 aromatic rings. The third-order valence-corrected chi connectivity index (χ3v) is 2.11. The summed E-state index contributed by atoms with van der Waals surface area (Å²) in [7, 11) is 0. The van der Waals surface area contributed by atoms with Crippen molar-refractivity contribution in [3.63, 3.8) is 0 Å². The first-order chi connectivity index (χ1) is 6.75. The minimum Gasteiger partial charge on any atom is -0.489 e. The van der Waals surface area contributed by atoms with Crippen molar-refractivity contribution < 1.29 is 19.4 Å². The van der Waals surface area contributed by atoms with E-state index >= 15 is 0 Å². The van der Waals surface area contributed by atoms with Gasteiger partial charge in [-0.2, -0.15) is 0 Å². The van der Waals surface area contributed by atoms with E-state index in [9.17, 15) is 4.79 Å². The van der Waals surface area contributed by atoms with E-state index in [4.69, 9.17) is 9.84 Å². The summed E-state index contributed by atoms with van der Waals surface area (Å²) in [6, 6.07) is 7.56. The van der Waals surface area contributed by atoms with Crippen molar-refractivity contribution in [3.05, 3.63) is 29.8 Å². The number of fused-ring (bicyclic) bond motifs is 1. The largest absolute Gasteiger partial charge is 0.506 e. The molecule has 0 aromatic heterocycles. The van der Waals surface area contributed by atoms with Crippen LogP contribution in [-0.4, -0.2) is 24.0 Å². The Morgan fingerprint density at radius 1 is 1.50 bits per heavy atom. The van der Waals surface area contributed by atoms with Gasteiger partial charge in [0.15, 0.2) is 0 Å². The summed E-state index contributed by atoms with van der Waals surface area (Å²) in [6.07, 6.45) is -1.05. The molecule has 1 aliphatic heterocycles. The number of carboxylic acid groups (broad SMARTS) is 1. The van der Waals surface area contributed by atoms with Gasteiger partial charge < -0.3 is 14.6 Å². The predicted molar refractivity (Wildman–Crippen MR) is 48.5 cm³/mol. The fourth-order valence-electron chi connectivity index (χ4n) is 1.52. The molecule has 0 fully saturated rings. The second-order valence-corrected chi connectivity index (χ2v) is 3.13. The topological polar surface area (TPSA) is 55.8 Å². The van der Waals surface area contributed by atoms with Crippen LogP contribution >= 0.6 is 0 Å². The second kappa shape index (κ2) is 3.57. The minimum absolute atomic E-state index is 0.295. The zero-order valence-corrected chi connectivity index (χ0v) is 7.47. The van der Waals surface area contributed by atoms with Crippen molar-refractivity contribution >= 4 is 6.16 Å². The molecule has 4 heteroatoms. The zero-order chi connectivity index (χ0) is 9.97. The highest BCUT2D eigenvalue weighted by Crippen LogP contribution is 2.24. The van der Waals surface area contributed by atoms with Gasteiger partial charge in [0, 0.05) is 6.42 Å². The summed E-state index contributed by atoms with van der Waals surface area (Å²) in [5, 5.41) is 8.44. The molecule has 0 spiro atoms. The van der Waals surface area contributed by atoms with E-state index in [1.165, 1.54) is 0 Å². The standard InChI is InChI=1S/C10H10O4/c11-10(12)14-8-5-7-3-1-2-4-9(7)13-6-8/h1-4,8H,5-6H2,(H,11,12). The van der Waals surface area contributed by atoms with Crippen LogP contribution in [0.25, 0.3) is 0 Å². The van der Waals surface area contributed by atoms with Gasteiger partial charge in [-0.15, -0.1) is 0 Å². The maximum Gasteiger partial charge on any atom is 0.506 e. The number of ether oxygens (including phenoxy) is 2. The monoisotopic (exact) mass is 194 g/mol. The highest BCUT2D eigenvalue weighted by molar-refractivity contribution is 5.57. The number of rotatable bonds is 1. The summed E-state index contributed by atoms with van der Waals surface area (Å²) in [6.45, 7) is 0.295. The van der Waals surface area contributed by atoms with E-state index in [2.05, 4.69) is 4.74 Å². The average Bonchev–Trinajstić information content (AvgIpc) is 2.17. The van der Waals surface area contributed by atoms with E-state index < -0.39 is 6.16 Å². The SMILES string of the molecule is O=C(O)OC1COc2ccccc2C1. The maximum absolute atomic E-state index is 10.3. The Hall–Kier alpha value is -1.71. The quantitative estimate of drug-likeness (QED) is 0.691. The van der Waals surface area contributed by atoms with Gasteiger partial charge in [0.2, 0.25) is 0 Å². The van der Waals surface area contributed by atoms with E-state index in [-0.39, 0.29) is 6.10 Å². The number of hydrogen-bond acceptors (Lipinski definition) is 3. The van der Waals surface area contributed by atoms with E-state index in [0.29, 0.717) is 13.0 Å². The Labute approximate surface area is 81.1 Å². The molecule has 0 saturated heterocycles. The van der Waals surface area contributed by atoms with Crippen LogP contribution in [-0.2, 0) is 11.2 Å². The molecule has 1 atom stereocenters. The lowest BCUT2D eigenvalue weighted by atomic mass is 10.0. The molecule has 0 amide bonds. The van der Waals surface area contributed by atoms with Gasteiger partial charge in [0.05, 0.1) is 0 Å². The van der Waals surface area contributed by atoms with Gasteiger partial charge in [0.25, 0.3) is 0 Å². The summed E-state index contributed by atoms with van der Waals surface area (Å²) >= 11 is 0. The zero-order valence-electron chi connectivity index (χ0n) is 7.47. The van der Waals surface area contributed by atoms with E-state index in [1.54, 1.807) is 0 Å². The Bertz CT molecular complexity index is 348. The fraction of sp³-hybridized carbons (Fsp3) is 0.300. The molecule has 1 heterocycles. The van der Waals surface area contributed by atoms with Crippen LogP contribution in [0.3, 0.4) is 0 Å². The first-order valence-corrected chi connectivity index (χ1v) is 4.36. The van der Waals surface area contributed by atoms with E-state index in [0.717, 1.165) is 11.3 Å². The molecule has 1 aliphatic rings. The maximum atomic E-state index is 10.3. The molecule has 0 aliphatic carbocycles. The van der Waals surface area contributed by atoms with Crippen molar-refractivity contribution in [1.82, 2.24) is 0 Å². The number of para-hydroxylation sites is 1. The van der Waals surface area contributed by atoms with Crippen LogP contribution in [0.2, 0.25) is 0 Å². The minimum atomic E-state index is -1.25. The highest BCUT2D eigenvalue weighted by Gasteiger charge is 2.22. The molecular weight excluding hydrogens is 184 g/mol. The molecule has 14 heavy (non-hydrogen) atoms. The van der Waals surface area contributed by atoms with Gasteiger partial charge in [0.1, 0.15) is 18.5 Å². The van der Waals surface area contributed by atoms with Crippen molar-refractivity contribution in [2.75, 3.05) is 6.61 Å². The lowest BCUT2D eigenvalue weighted by Gasteiger charge is -2.23. The Morgan fingerprint density at radius 2 is 2.29 bits per heavy atom. The molecule has 0 bridgehead atoms. The second-order valence-electron chi connectivity index (χ2n) is 3.13. The van der Waals surface area contributed by atoms with Gasteiger partial charge in [-0.25, -0.2) is 4.79 Å². The summed E-state index contributed by atoms with van der Waals surface area (Å²) < 4.78 is 9.99.